The van der Waals surface area contributed by atoms with Crippen LogP contribution in [0.3, 0.4) is 0 Å². The fourth-order valence-corrected chi connectivity index (χ4v) is 3.83. The minimum atomic E-state index is -1.06. The third-order valence-electron chi connectivity index (χ3n) is 5.38. The summed E-state index contributed by atoms with van der Waals surface area (Å²) in [5, 5.41) is 12.8. The Morgan fingerprint density at radius 1 is 1.21 bits per heavy atom. The molecule has 3 rings (SSSR count). The van der Waals surface area contributed by atoms with E-state index in [4.69, 9.17) is 21.1 Å². The van der Waals surface area contributed by atoms with Gasteiger partial charge in [0.25, 0.3) is 0 Å². The van der Waals surface area contributed by atoms with Crippen LogP contribution in [0.5, 0.6) is 11.5 Å². The van der Waals surface area contributed by atoms with Crippen LogP contribution in [0.25, 0.3) is 0 Å². The lowest BCUT2D eigenvalue weighted by Crippen LogP contribution is -2.36. The molecule has 2 amide bonds. The van der Waals surface area contributed by atoms with Crippen molar-refractivity contribution in [2.24, 2.45) is 5.92 Å². The van der Waals surface area contributed by atoms with E-state index in [9.17, 15) is 19.5 Å². The molecule has 1 fully saturated rings. The van der Waals surface area contributed by atoms with E-state index in [-0.39, 0.29) is 31.2 Å². The highest BCUT2D eigenvalue weighted by molar-refractivity contribution is 6.30. The van der Waals surface area contributed by atoms with Crippen molar-refractivity contribution in [2.45, 2.75) is 32.2 Å². The van der Waals surface area contributed by atoms with Gasteiger partial charge in [0, 0.05) is 23.7 Å². The van der Waals surface area contributed by atoms with Crippen molar-refractivity contribution in [1.82, 2.24) is 5.32 Å². The minimum Gasteiger partial charge on any atom is -0.493 e. The number of benzene rings is 2. The predicted octanol–water partition coefficient (Wildman–Crippen LogP) is 3.82. The Morgan fingerprint density at radius 2 is 1.94 bits per heavy atom. The van der Waals surface area contributed by atoms with E-state index in [2.05, 4.69) is 5.32 Å². The van der Waals surface area contributed by atoms with Gasteiger partial charge in [-0.05, 0) is 48.4 Å². The van der Waals surface area contributed by atoms with Crippen LogP contribution in [-0.2, 0) is 14.4 Å². The summed E-state index contributed by atoms with van der Waals surface area (Å²) in [5.41, 5.74) is 1.24. The number of amides is 2. The van der Waals surface area contributed by atoms with Crippen LogP contribution in [0.2, 0.25) is 5.02 Å². The standard InChI is InChI=1S/C24H27ClN2O6/c1-3-10-33-20-9-4-15(11-21(20)32-2)19(13-23(29)30)26-24(31)16-12-22(28)27(14-16)18-7-5-17(25)6-8-18/h4-9,11,16,19H,3,10,12-14H2,1-2H3,(H,26,31)(H,29,30). The number of carboxylic acid groups (broad SMARTS) is 1. The summed E-state index contributed by atoms with van der Waals surface area (Å²) in [4.78, 5) is 38.5. The smallest absolute Gasteiger partial charge is 0.305 e. The topological polar surface area (TPSA) is 105 Å². The van der Waals surface area contributed by atoms with Gasteiger partial charge < -0.3 is 24.8 Å². The molecule has 176 valence electrons. The summed E-state index contributed by atoms with van der Waals surface area (Å²) in [6.07, 6.45) is 0.558. The van der Waals surface area contributed by atoms with Crippen LogP contribution in [0.4, 0.5) is 5.69 Å². The van der Waals surface area contributed by atoms with E-state index >= 15 is 0 Å². The van der Waals surface area contributed by atoms with E-state index in [1.165, 1.54) is 12.0 Å². The number of hydrogen-bond acceptors (Lipinski definition) is 5. The zero-order valence-corrected chi connectivity index (χ0v) is 19.3. The molecule has 1 aliphatic rings. The van der Waals surface area contributed by atoms with Gasteiger partial charge in [-0.3, -0.25) is 14.4 Å². The molecule has 0 bridgehead atoms. The Morgan fingerprint density at radius 3 is 2.58 bits per heavy atom. The zero-order chi connectivity index (χ0) is 24.0. The summed E-state index contributed by atoms with van der Waals surface area (Å²) in [7, 11) is 1.50. The Hall–Kier alpha value is -3.26. The summed E-state index contributed by atoms with van der Waals surface area (Å²) < 4.78 is 11.0. The van der Waals surface area contributed by atoms with Crippen LogP contribution >= 0.6 is 11.6 Å². The van der Waals surface area contributed by atoms with Gasteiger partial charge in [-0.2, -0.15) is 0 Å². The number of rotatable bonds is 10. The van der Waals surface area contributed by atoms with Crippen molar-refractivity contribution in [1.29, 1.82) is 0 Å². The van der Waals surface area contributed by atoms with Crippen LogP contribution in [0, 0.1) is 5.92 Å². The fraction of sp³-hybridized carbons (Fsp3) is 0.375. The molecule has 0 spiro atoms. The summed E-state index contributed by atoms with van der Waals surface area (Å²) >= 11 is 5.91. The maximum absolute atomic E-state index is 13.0. The predicted molar refractivity (Wildman–Crippen MR) is 124 cm³/mol. The van der Waals surface area contributed by atoms with Crippen molar-refractivity contribution in [2.75, 3.05) is 25.2 Å². The van der Waals surface area contributed by atoms with Gasteiger partial charge in [-0.25, -0.2) is 0 Å². The highest BCUT2D eigenvalue weighted by Crippen LogP contribution is 2.32. The molecule has 33 heavy (non-hydrogen) atoms. The molecule has 0 radical (unpaired) electrons. The first-order chi connectivity index (χ1) is 15.8. The van der Waals surface area contributed by atoms with Crippen LogP contribution in [-0.4, -0.2) is 43.2 Å². The quantitative estimate of drug-likeness (QED) is 0.542. The number of halogens is 1. The van der Waals surface area contributed by atoms with Gasteiger partial charge in [0.1, 0.15) is 0 Å². The summed E-state index contributed by atoms with van der Waals surface area (Å²) in [5.74, 6) is -1.21. The van der Waals surface area contributed by atoms with Gasteiger partial charge in [0.2, 0.25) is 11.8 Å². The largest absolute Gasteiger partial charge is 0.493 e. The molecule has 2 aromatic rings. The number of carbonyl (C=O) groups excluding carboxylic acids is 2. The second kappa shape index (κ2) is 11.0. The van der Waals surface area contributed by atoms with Crippen molar-refractivity contribution in [3.05, 3.63) is 53.1 Å². The molecule has 2 unspecified atom stereocenters. The average molecular weight is 475 g/mol. The first-order valence-corrected chi connectivity index (χ1v) is 11.1. The van der Waals surface area contributed by atoms with Gasteiger partial charge >= 0.3 is 5.97 Å². The second-order valence-electron chi connectivity index (χ2n) is 7.80. The van der Waals surface area contributed by atoms with Crippen LogP contribution in [0.1, 0.15) is 37.8 Å². The number of carbonyl (C=O) groups is 3. The summed E-state index contributed by atoms with van der Waals surface area (Å²) in [6.45, 7) is 2.71. The Kier molecular flexibility index (Phi) is 8.16. The molecule has 0 aliphatic carbocycles. The third kappa shape index (κ3) is 6.16. The molecular weight excluding hydrogens is 448 g/mol. The van der Waals surface area contributed by atoms with Gasteiger partial charge in [-0.1, -0.05) is 24.6 Å². The Labute approximate surface area is 197 Å². The first kappa shape index (κ1) is 24.4. The van der Waals surface area contributed by atoms with Crippen molar-refractivity contribution in [3.63, 3.8) is 0 Å². The first-order valence-electron chi connectivity index (χ1n) is 10.7. The van der Waals surface area contributed by atoms with Gasteiger partial charge in [0.05, 0.1) is 32.1 Å². The van der Waals surface area contributed by atoms with E-state index in [1.54, 1.807) is 42.5 Å². The number of anilines is 1. The third-order valence-corrected chi connectivity index (χ3v) is 5.63. The number of aliphatic carboxylic acids is 1. The number of nitrogens with one attached hydrogen (secondary N) is 1. The van der Waals surface area contributed by atoms with Crippen LogP contribution in [0.15, 0.2) is 42.5 Å². The number of ether oxygens (including phenoxy) is 2. The number of carboxylic acids is 1. The monoisotopic (exact) mass is 474 g/mol. The van der Waals surface area contributed by atoms with E-state index in [1.807, 2.05) is 6.92 Å². The maximum atomic E-state index is 13.0. The van der Waals surface area contributed by atoms with Gasteiger partial charge in [-0.15, -0.1) is 0 Å². The molecule has 2 atom stereocenters. The highest BCUT2D eigenvalue weighted by atomic mass is 35.5. The van der Waals surface area contributed by atoms with Crippen molar-refractivity contribution < 1.29 is 29.0 Å². The molecular formula is C24H27ClN2O6. The molecule has 1 heterocycles. The molecule has 0 aromatic heterocycles. The Bertz CT molecular complexity index is 1010. The number of methoxy groups -OCH3 is 1. The lowest BCUT2D eigenvalue weighted by molar-refractivity contribution is -0.138. The molecule has 0 saturated carbocycles. The normalized spacial score (nSPS) is 16.4. The van der Waals surface area contributed by atoms with Crippen molar-refractivity contribution >= 4 is 35.1 Å². The molecule has 2 aromatic carbocycles. The molecule has 1 saturated heterocycles. The minimum absolute atomic E-state index is 0.0430. The molecule has 1 aliphatic heterocycles. The molecule has 9 heteroatoms. The lowest BCUT2D eigenvalue weighted by atomic mass is 10.0. The summed E-state index contributed by atoms with van der Waals surface area (Å²) in [6, 6.07) is 11.1. The fourth-order valence-electron chi connectivity index (χ4n) is 3.70. The maximum Gasteiger partial charge on any atom is 0.305 e. The molecule has 2 N–H and O–H groups in total. The SMILES string of the molecule is CCCOc1ccc(C(CC(=O)O)NC(=O)C2CC(=O)N(c3ccc(Cl)cc3)C2)cc1OC. The van der Waals surface area contributed by atoms with E-state index in [0.29, 0.717) is 34.4 Å². The van der Waals surface area contributed by atoms with Crippen LogP contribution < -0.4 is 19.7 Å². The highest BCUT2D eigenvalue weighted by Gasteiger charge is 2.36. The van der Waals surface area contributed by atoms with E-state index < -0.39 is 17.9 Å². The number of nitrogens with zero attached hydrogens (tertiary/aromatic N) is 1. The van der Waals surface area contributed by atoms with Crippen molar-refractivity contribution in [3.8, 4) is 11.5 Å². The Balaban J connectivity index is 1.75. The molecule has 8 nitrogen and oxygen atoms in total. The number of hydrogen-bond donors (Lipinski definition) is 2. The van der Waals surface area contributed by atoms with E-state index in [0.717, 1.165) is 6.42 Å². The zero-order valence-electron chi connectivity index (χ0n) is 18.5. The lowest BCUT2D eigenvalue weighted by Gasteiger charge is -2.21. The van der Waals surface area contributed by atoms with Gasteiger partial charge in [0.15, 0.2) is 11.5 Å². The average Bonchev–Trinajstić information content (AvgIpc) is 3.19. The second-order valence-corrected chi connectivity index (χ2v) is 8.24.